The Balaban J connectivity index is 4.28. The molecule has 0 N–H and O–H groups in total. The van der Waals surface area contributed by atoms with Gasteiger partial charge in [0.15, 0.2) is 0 Å². The predicted molar refractivity (Wildman–Crippen MR) is 120 cm³/mol. The summed E-state index contributed by atoms with van der Waals surface area (Å²) in [6.07, 6.45) is 18.4. The van der Waals surface area contributed by atoms with Crippen molar-refractivity contribution in [1.29, 1.82) is 0 Å². The van der Waals surface area contributed by atoms with E-state index in [0.29, 0.717) is 6.23 Å². The van der Waals surface area contributed by atoms with Gasteiger partial charge in [-0.2, -0.15) is 0 Å². The van der Waals surface area contributed by atoms with Crippen LogP contribution in [0.3, 0.4) is 0 Å². The Morgan fingerprint density at radius 2 is 1.04 bits per heavy atom. The first-order valence-electron chi connectivity index (χ1n) is 12.1. The molecule has 156 valence electrons. The second-order valence-corrected chi connectivity index (χ2v) is 10.6. The first-order valence-corrected chi connectivity index (χ1v) is 14.2. The molecule has 0 heterocycles. The number of rotatable bonds is 20. The average Bonchev–Trinajstić information content (AvgIpc) is 2.66. The lowest BCUT2D eigenvalue weighted by Crippen LogP contribution is -2.40. The van der Waals surface area contributed by atoms with Crippen LogP contribution in [-0.2, 0) is 3.79 Å². The normalized spacial score (nSPS) is 12.7. The first-order chi connectivity index (χ1) is 12.7. The van der Waals surface area contributed by atoms with Crippen LogP contribution in [0.25, 0.3) is 0 Å². The topological polar surface area (TPSA) is 12.5 Å². The van der Waals surface area contributed by atoms with E-state index in [4.69, 9.17) is 3.79 Å². The molecule has 0 amide bonds. The second-order valence-electron chi connectivity index (χ2n) is 7.96. The molecule has 0 saturated heterocycles. The van der Waals surface area contributed by atoms with E-state index in [0.717, 1.165) is 19.5 Å². The summed E-state index contributed by atoms with van der Waals surface area (Å²) in [6.45, 7) is 13.7. The largest absolute Gasteiger partial charge is 0.487 e. The van der Waals surface area contributed by atoms with Gasteiger partial charge >= 0.3 is 14.5 Å². The van der Waals surface area contributed by atoms with Crippen LogP contribution in [-0.4, -0.2) is 38.7 Å². The van der Waals surface area contributed by atoms with Crippen LogP contribution >= 0.6 is 0 Å². The third kappa shape index (κ3) is 14.5. The molecule has 2 nitrogen and oxygen atoms in total. The Kier molecular flexibility index (Phi) is 20.5. The molecule has 0 radical (unpaired) electrons. The lowest BCUT2D eigenvalue weighted by atomic mass is 10.1. The number of hydrogen-bond acceptors (Lipinski definition) is 2. The second kappa shape index (κ2) is 20.2. The zero-order valence-corrected chi connectivity index (χ0v) is 20.2. The lowest BCUT2D eigenvalue weighted by molar-refractivity contribution is 0.0265. The Labute approximate surface area is 171 Å². The molecule has 3 heteroatoms. The molecule has 0 saturated carbocycles. The summed E-state index contributed by atoms with van der Waals surface area (Å²) >= 11 is -1.05. The Morgan fingerprint density at radius 3 is 1.42 bits per heavy atom. The molecular formula is C23H50AlNO. The molecule has 0 rings (SSSR count). The summed E-state index contributed by atoms with van der Waals surface area (Å²) < 4.78 is 6.76. The molecule has 0 aromatic heterocycles. The maximum absolute atomic E-state index is 6.76. The third-order valence-electron chi connectivity index (χ3n) is 5.68. The molecule has 0 aliphatic heterocycles. The van der Waals surface area contributed by atoms with Gasteiger partial charge in [-0.3, -0.25) is 4.90 Å². The maximum Gasteiger partial charge on any atom is 0.461 e. The van der Waals surface area contributed by atoms with Crippen LogP contribution < -0.4 is 0 Å². The van der Waals surface area contributed by atoms with Gasteiger partial charge in [0.05, 0.1) is 6.23 Å². The fourth-order valence-corrected chi connectivity index (χ4v) is 6.74. The fourth-order valence-electron chi connectivity index (χ4n) is 3.88. The van der Waals surface area contributed by atoms with Crippen LogP contribution in [0, 0.1) is 0 Å². The fraction of sp³-hybridized carbons (Fsp3) is 1.00. The van der Waals surface area contributed by atoms with Gasteiger partial charge in [0.1, 0.15) is 0 Å². The van der Waals surface area contributed by atoms with Crippen LogP contribution in [0.1, 0.15) is 118 Å². The summed E-state index contributed by atoms with van der Waals surface area (Å²) in [5, 5.41) is 2.80. The highest BCUT2D eigenvalue weighted by Gasteiger charge is 2.25. The summed E-state index contributed by atoms with van der Waals surface area (Å²) in [5.74, 6) is 0. The van der Waals surface area contributed by atoms with Crippen LogP contribution in [0.4, 0.5) is 0 Å². The van der Waals surface area contributed by atoms with Crippen molar-refractivity contribution in [3.8, 4) is 0 Å². The minimum absolute atomic E-state index is 0.377. The molecule has 0 fully saturated rings. The van der Waals surface area contributed by atoms with Gasteiger partial charge in [0.2, 0.25) is 0 Å². The van der Waals surface area contributed by atoms with Crippen LogP contribution in [0.2, 0.25) is 10.6 Å². The van der Waals surface area contributed by atoms with Gasteiger partial charge in [-0.05, 0) is 19.5 Å². The standard InChI is InChI=1S/2C8H17.C7H16NO.Al/c2*1-3-5-7-8-6-4-2;1-4-7(9)8(5-2)6-3;/h2*1,3-8H2,2H3;7H,4-6H2,1-3H3;/q;;-1;+1. The minimum atomic E-state index is -1.05. The number of nitrogens with zero attached hydrogens (tertiary/aromatic N) is 1. The quantitative estimate of drug-likeness (QED) is 0.121. The van der Waals surface area contributed by atoms with Crippen molar-refractivity contribution >= 4 is 14.5 Å². The Hall–Kier alpha value is 0.452. The average molecular weight is 384 g/mol. The van der Waals surface area contributed by atoms with Gasteiger partial charge < -0.3 is 3.79 Å². The van der Waals surface area contributed by atoms with E-state index in [-0.39, 0.29) is 0 Å². The van der Waals surface area contributed by atoms with Crippen molar-refractivity contribution in [3.05, 3.63) is 0 Å². The maximum atomic E-state index is 6.76. The smallest absolute Gasteiger partial charge is 0.461 e. The van der Waals surface area contributed by atoms with Gasteiger partial charge in [-0.15, -0.1) is 0 Å². The van der Waals surface area contributed by atoms with Crippen molar-refractivity contribution in [1.82, 2.24) is 4.90 Å². The molecule has 0 aromatic carbocycles. The highest BCUT2D eigenvalue weighted by molar-refractivity contribution is 6.51. The summed E-state index contributed by atoms with van der Waals surface area (Å²) in [4.78, 5) is 2.52. The van der Waals surface area contributed by atoms with Gasteiger partial charge in [-0.25, -0.2) is 0 Å². The monoisotopic (exact) mass is 383 g/mol. The van der Waals surface area contributed by atoms with Gasteiger partial charge in [0, 0.05) is 0 Å². The Bertz CT molecular complexity index is 255. The molecular weight excluding hydrogens is 333 g/mol. The van der Waals surface area contributed by atoms with Crippen LogP contribution in [0.5, 0.6) is 0 Å². The molecule has 0 spiro atoms. The van der Waals surface area contributed by atoms with E-state index in [1.54, 1.807) is 0 Å². The van der Waals surface area contributed by atoms with E-state index in [1.165, 1.54) is 87.6 Å². The van der Waals surface area contributed by atoms with E-state index < -0.39 is 14.5 Å². The molecule has 0 aromatic rings. The van der Waals surface area contributed by atoms with Crippen molar-refractivity contribution in [2.24, 2.45) is 0 Å². The summed E-state index contributed by atoms with van der Waals surface area (Å²) in [5.41, 5.74) is 0. The molecule has 0 bridgehead atoms. The summed E-state index contributed by atoms with van der Waals surface area (Å²) in [7, 11) is 0. The van der Waals surface area contributed by atoms with E-state index in [1.807, 2.05) is 0 Å². The van der Waals surface area contributed by atoms with Crippen molar-refractivity contribution in [3.63, 3.8) is 0 Å². The number of unbranched alkanes of at least 4 members (excludes halogenated alkanes) is 10. The Morgan fingerprint density at radius 1 is 0.615 bits per heavy atom. The van der Waals surface area contributed by atoms with E-state index >= 15 is 0 Å². The zero-order chi connectivity index (χ0) is 19.5. The molecule has 26 heavy (non-hydrogen) atoms. The molecule has 1 unspecified atom stereocenters. The number of hydrogen-bond donors (Lipinski definition) is 0. The highest BCUT2D eigenvalue weighted by Crippen LogP contribution is 2.19. The zero-order valence-electron chi connectivity index (χ0n) is 19.0. The third-order valence-corrected chi connectivity index (χ3v) is 8.48. The summed E-state index contributed by atoms with van der Waals surface area (Å²) in [6, 6.07) is 0. The molecule has 0 aliphatic rings. The minimum Gasteiger partial charge on any atom is -0.487 e. The van der Waals surface area contributed by atoms with Crippen molar-refractivity contribution in [2.75, 3.05) is 13.1 Å². The molecule has 1 atom stereocenters. The van der Waals surface area contributed by atoms with Crippen molar-refractivity contribution < 1.29 is 3.79 Å². The van der Waals surface area contributed by atoms with Crippen LogP contribution in [0.15, 0.2) is 0 Å². The first kappa shape index (κ1) is 26.5. The highest BCUT2D eigenvalue weighted by atomic mass is 27.2. The SMILES string of the molecule is CCCCCCC[CH2][Al]([CH2]CCCCCCC)[O]C(CC)N(CC)CC. The lowest BCUT2D eigenvalue weighted by Gasteiger charge is -2.32. The predicted octanol–water partition coefficient (Wildman–Crippen LogP) is 7.79. The molecule has 0 aliphatic carbocycles. The van der Waals surface area contributed by atoms with E-state index in [2.05, 4.69) is 39.5 Å². The van der Waals surface area contributed by atoms with Crippen molar-refractivity contribution in [2.45, 2.75) is 135 Å². The van der Waals surface area contributed by atoms with E-state index in [9.17, 15) is 0 Å². The van der Waals surface area contributed by atoms with Gasteiger partial charge in [0.25, 0.3) is 0 Å². The van der Waals surface area contributed by atoms with Gasteiger partial charge in [-0.1, -0.05) is 122 Å².